The third kappa shape index (κ3) is 4.39. The van der Waals surface area contributed by atoms with Crippen molar-refractivity contribution < 1.29 is 4.79 Å². The summed E-state index contributed by atoms with van der Waals surface area (Å²) in [6, 6.07) is 4.94. The Hall–Kier alpha value is -2.35. The molecular weight excluding hydrogens is 276 g/mol. The largest absolute Gasteiger partial charge is 0.383 e. The van der Waals surface area contributed by atoms with Gasteiger partial charge in [-0.3, -0.25) is 9.78 Å². The molecule has 2 aromatic heterocycles. The van der Waals surface area contributed by atoms with E-state index in [1.807, 2.05) is 0 Å². The van der Waals surface area contributed by atoms with E-state index in [4.69, 9.17) is 11.5 Å². The van der Waals surface area contributed by atoms with Gasteiger partial charge in [0.05, 0.1) is 0 Å². The summed E-state index contributed by atoms with van der Waals surface area (Å²) in [6.45, 7) is 0. The molecule has 2 heterocycles. The summed E-state index contributed by atoms with van der Waals surface area (Å²) in [4.78, 5) is 23.6. The van der Waals surface area contributed by atoms with Crippen molar-refractivity contribution in [3.05, 3.63) is 30.6 Å². The Kier molecular flexibility index (Phi) is 4.72. The Balaban J connectivity index is 1.79. The monoisotopic (exact) mass is 290 g/mol. The summed E-state index contributed by atoms with van der Waals surface area (Å²) in [5, 5.41) is 3.24. The first kappa shape index (κ1) is 14.1. The van der Waals surface area contributed by atoms with Gasteiger partial charge in [0, 0.05) is 36.3 Å². The number of thioether (sulfide) groups is 1. The first-order chi connectivity index (χ1) is 9.63. The van der Waals surface area contributed by atoms with Crippen LogP contribution in [0.2, 0.25) is 0 Å². The van der Waals surface area contributed by atoms with Crippen LogP contribution in [0, 0.1) is 0 Å². The molecular formula is C12H14N6OS. The van der Waals surface area contributed by atoms with Gasteiger partial charge in [0.15, 0.2) is 5.16 Å². The summed E-state index contributed by atoms with van der Waals surface area (Å²) in [5.41, 5.74) is 11.8. The van der Waals surface area contributed by atoms with Gasteiger partial charge in [0.2, 0.25) is 5.91 Å². The molecule has 0 saturated heterocycles. The van der Waals surface area contributed by atoms with E-state index in [1.165, 1.54) is 17.8 Å². The van der Waals surface area contributed by atoms with Crippen LogP contribution in [-0.2, 0) is 4.79 Å². The lowest BCUT2D eigenvalue weighted by Gasteiger charge is -2.04. The summed E-state index contributed by atoms with van der Waals surface area (Å²) in [7, 11) is 0. The number of nitrogens with two attached hydrogens (primary N) is 2. The van der Waals surface area contributed by atoms with Crippen molar-refractivity contribution in [1.29, 1.82) is 0 Å². The van der Waals surface area contributed by atoms with E-state index in [9.17, 15) is 4.79 Å². The standard InChI is InChI=1S/C12H14N6OS/c13-9-7-10(14)18-12(17-9)20-6-3-11(19)16-8-1-4-15-5-2-8/h1-2,4-5,7H,3,6H2,(H,15,16,19)(H4,13,14,17,18). The molecule has 0 atom stereocenters. The summed E-state index contributed by atoms with van der Waals surface area (Å²) >= 11 is 1.33. The van der Waals surface area contributed by atoms with Gasteiger partial charge < -0.3 is 16.8 Å². The fourth-order valence-electron chi connectivity index (χ4n) is 1.42. The number of rotatable bonds is 5. The molecule has 0 fully saturated rings. The second-order valence-electron chi connectivity index (χ2n) is 3.88. The number of amides is 1. The fraction of sp³-hybridized carbons (Fsp3) is 0.167. The lowest BCUT2D eigenvalue weighted by atomic mass is 10.4. The zero-order valence-electron chi connectivity index (χ0n) is 10.6. The second kappa shape index (κ2) is 6.71. The highest BCUT2D eigenvalue weighted by Gasteiger charge is 2.05. The summed E-state index contributed by atoms with van der Waals surface area (Å²) < 4.78 is 0. The third-order valence-corrected chi connectivity index (χ3v) is 3.12. The number of nitrogens with one attached hydrogen (secondary N) is 1. The molecule has 0 aliphatic rings. The number of carbonyl (C=O) groups excluding carboxylic acids is 1. The molecule has 0 radical (unpaired) electrons. The van der Waals surface area contributed by atoms with Gasteiger partial charge in [-0.25, -0.2) is 9.97 Å². The maximum Gasteiger partial charge on any atom is 0.225 e. The molecule has 0 bridgehead atoms. The van der Waals surface area contributed by atoms with E-state index in [0.717, 1.165) is 5.69 Å². The van der Waals surface area contributed by atoms with Crippen LogP contribution < -0.4 is 16.8 Å². The molecule has 2 rings (SSSR count). The molecule has 104 valence electrons. The van der Waals surface area contributed by atoms with Crippen LogP contribution in [0.25, 0.3) is 0 Å². The van der Waals surface area contributed by atoms with E-state index in [-0.39, 0.29) is 5.91 Å². The maximum atomic E-state index is 11.7. The Morgan fingerprint density at radius 3 is 2.50 bits per heavy atom. The molecule has 0 unspecified atom stereocenters. The zero-order valence-corrected chi connectivity index (χ0v) is 11.4. The molecule has 7 nitrogen and oxygen atoms in total. The van der Waals surface area contributed by atoms with Gasteiger partial charge in [-0.05, 0) is 12.1 Å². The summed E-state index contributed by atoms with van der Waals surface area (Å²) in [5.74, 6) is 1.10. The Morgan fingerprint density at radius 1 is 1.20 bits per heavy atom. The first-order valence-corrected chi connectivity index (χ1v) is 6.85. The average molecular weight is 290 g/mol. The van der Waals surface area contributed by atoms with Crippen LogP contribution in [0.1, 0.15) is 6.42 Å². The molecule has 1 amide bonds. The van der Waals surface area contributed by atoms with Gasteiger partial charge in [0.25, 0.3) is 0 Å². The number of nitrogens with zero attached hydrogens (tertiary/aromatic N) is 3. The van der Waals surface area contributed by atoms with Crippen molar-refractivity contribution in [1.82, 2.24) is 15.0 Å². The van der Waals surface area contributed by atoms with E-state index in [1.54, 1.807) is 24.5 Å². The molecule has 2 aromatic rings. The van der Waals surface area contributed by atoms with Crippen molar-refractivity contribution in [3.8, 4) is 0 Å². The third-order valence-electron chi connectivity index (χ3n) is 2.27. The predicted molar refractivity (Wildman–Crippen MR) is 79.1 cm³/mol. The SMILES string of the molecule is Nc1cc(N)nc(SCCC(=O)Nc2ccncc2)n1. The Morgan fingerprint density at radius 2 is 1.85 bits per heavy atom. The fourth-order valence-corrected chi connectivity index (χ4v) is 2.23. The highest BCUT2D eigenvalue weighted by atomic mass is 32.2. The minimum absolute atomic E-state index is 0.0828. The van der Waals surface area contributed by atoms with E-state index < -0.39 is 0 Å². The van der Waals surface area contributed by atoms with Crippen LogP contribution in [0.3, 0.4) is 0 Å². The minimum atomic E-state index is -0.0828. The number of hydrogen-bond acceptors (Lipinski definition) is 7. The average Bonchev–Trinajstić information content (AvgIpc) is 2.38. The predicted octanol–water partition coefficient (Wildman–Crippen LogP) is 1.16. The molecule has 0 saturated carbocycles. The van der Waals surface area contributed by atoms with Gasteiger partial charge in [-0.15, -0.1) is 0 Å². The topological polar surface area (TPSA) is 120 Å². The molecule has 20 heavy (non-hydrogen) atoms. The van der Waals surface area contributed by atoms with Crippen LogP contribution in [0.4, 0.5) is 17.3 Å². The molecule has 5 N–H and O–H groups in total. The molecule has 0 spiro atoms. The van der Waals surface area contributed by atoms with Crippen molar-refractivity contribution in [2.45, 2.75) is 11.6 Å². The molecule has 0 aromatic carbocycles. The van der Waals surface area contributed by atoms with Crippen molar-refractivity contribution in [2.75, 3.05) is 22.5 Å². The van der Waals surface area contributed by atoms with E-state index in [2.05, 4.69) is 20.3 Å². The van der Waals surface area contributed by atoms with Gasteiger partial charge in [-0.1, -0.05) is 11.8 Å². The van der Waals surface area contributed by atoms with Crippen LogP contribution in [0.15, 0.2) is 35.7 Å². The Labute approximate surface area is 120 Å². The van der Waals surface area contributed by atoms with E-state index >= 15 is 0 Å². The minimum Gasteiger partial charge on any atom is -0.383 e. The van der Waals surface area contributed by atoms with Crippen molar-refractivity contribution in [3.63, 3.8) is 0 Å². The molecule has 0 aliphatic carbocycles. The smallest absolute Gasteiger partial charge is 0.225 e. The number of pyridine rings is 1. The zero-order chi connectivity index (χ0) is 14.4. The Bertz CT molecular complexity index is 572. The van der Waals surface area contributed by atoms with Gasteiger partial charge >= 0.3 is 0 Å². The van der Waals surface area contributed by atoms with Crippen molar-refractivity contribution in [2.24, 2.45) is 0 Å². The van der Waals surface area contributed by atoms with Gasteiger partial charge in [0.1, 0.15) is 11.6 Å². The van der Waals surface area contributed by atoms with Crippen LogP contribution >= 0.6 is 11.8 Å². The van der Waals surface area contributed by atoms with Gasteiger partial charge in [-0.2, -0.15) is 0 Å². The molecule has 0 aliphatic heterocycles. The molecule has 8 heteroatoms. The number of nitrogen functional groups attached to an aromatic ring is 2. The summed E-state index contributed by atoms with van der Waals surface area (Å²) in [6.07, 6.45) is 3.58. The number of anilines is 3. The maximum absolute atomic E-state index is 11.7. The second-order valence-corrected chi connectivity index (χ2v) is 4.94. The van der Waals surface area contributed by atoms with Crippen LogP contribution in [0.5, 0.6) is 0 Å². The highest BCUT2D eigenvalue weighted by molar-refractivity contribution is 7.99. The van der Waals surface area contributed by atoms with Crippen LogP contribution in [-0.4, -0.2) is 26.6 Å². The number of carbonyl (C=O) groups is 1. The first-order valence-electron chi connectivity index (χ1n) is 5.86. The number of aromatic nitrogens is 3. The normalized spacial score (nSPS) is 10.2. The lowest BCUT2D eigenvalue weighted by molar-refractivity contribution is -0.115. The quantitative estimate of drug-likeness (QED) is 0.558. The van der Waals surface area contributed by atoms with Crippen molar-refractivity contribution >= 4 is 35.0 Å². The van der Waals surface area contributed by atoms with E-state index in [0.29, 0.717) is 29.0 Å². The highest BCUT2D eigenvalue weighted by Crippen LogP contribution is 2.17. The lowest BCUT2D eigenvalue weighted by Crippen LogP contribution is -2.12. The number of hydrogen-bond donors (Lipinski definition) is 3.